The van der Waals surface area contributed by atoms with Crippen molar-refractivity contribution in [2.75, 3.05) is 19.6 Å². The van der Waals surface area contributed by atoms with E-state index in [1.54, 1.807) is 0 Å². The minimum Gasteiger partial charge on any atom is -0.465 e. The van der Waals surface area contributed by atoms with E-state index in [1.807, 2.05) is 18.2 Å². The van der Waals surface area contributed by atoms with Gasteiger partial charge in [-0.3, -0.25) is 0 Å². The minimum atomic E-state index is -0.932. The Morgan fingerprint density at radius 1 is 1.33 bits per heavy atom. The first-order valence-corrected chi connectivity index (χ1v) is 5.98. The number of carboxylic acid groups (broad SMARTS) is 1. The topological polar surface area (TPSA) is 61.4 Å². The summed E-state index contributed by atoms with van der Waals surface area (Å²) >= 11 is 0. The number of hydrogen-bond donors (Lipinski definition) is 3. The van der Waals surface area contributed by atoms with Gasteiger partial charge in [-0.15, -0.1) is 12.4 Å². The van der Waals surface area contributed by atoms with Crippen LogP contribution < -0.4 is 10.6 Å². The molecular formula is C13H17ClN2O2. The summed E-state index contributed by atoms with van der Waals surface area (Å²) in [5.41, 5.74) is 1.30. The third-order valence-corrected chi connectivity index (χ3v) is 4.27. The first kappa shape index (κ1) is 13.2. The molecule has 1 heterocycles. The van der Waals surface area contributed by atoms with Crippen LogP contribution in [0.4, 0.5) is 4.79 Å². The van der Waals surface area contributed by atoms with Gasteiger partial charge >= 0.3 is 6.09 Å². The molecule has 3 N–H and O–H groups in total. The van der Waals surface area contributed by atoms with Crippen LogP contribution in [0.15, 0.2) is 30.3 Å². The fourth-order valence-corrected chi connectivity index (χ4v) is 3.41. The summed E-state index contributed by atoms with van der Waals surface area (Å²) in [5.74, 6) is 1.16. The van der Waals surface area contributed by atoms with Crippen molar-refractivity contribution in [3.63, 3.8) is 0 Å². The summed E-state index contributed by atoms with van der Waals surface area (Å²) in [6.07, 6.45) is -0.932. The molecule has 1 aromatic rings. The van der Waals surface area contributed by atoms with Gasteiger partial charge in [0.15, 0.2) is 0 Å². The lowest BCUT2D eigenvalue weighted by molar-refractivity contribution is 0.192. The first-order chi connectivity index (χ1) is 8.25. The number of fused-ring (bicyclic) bond motifs is 1. The molecule has 5 heteroatoms. The van der Waals surface area contributed by atoms with Crippen LogP contribution in [-0.2, 0) is 5.41 Å². The van der Waals surface area contributed by atoms with Gasteiger partial charge in [0.2, 0.25) is 0 Å². The Hall–Kier alpha value is -1.26. The molecule has 4 nitrogen and oxygen atoms in total. The Morgan fingerprint density at radius 2 is 1.94 bits per heavy atom. The smallest absolute Gasteiger partial charge is 0.404 e. The summed E-state index contributed by atoms with van der Waals surface area (Å²) in [6.45, 7) is 2.53. The minimum absolute atomic E-state index is 0. The number of amides is 1. The van der Waals surface area contributed by atoms with Gasteiger partial charge in [-0.25, -0.2) is 4.79 Å². The van der Waals surface area contributed by atoms with Gasteiger partial charge in [-0.05, 0) is 30.5 Å². The van der Waals surface area contributed by atoms with Gasteiger partial charge < -0.3 is 15.7 Å². The molecule has 0 radical (unpaired) electrons. The van der Waals surface area contributed by atoms with Gasteiger partial charge in [0.05, 0.1) is 0 Å². The largest absolute Gasteiger partial charge is 0.465 e. The van der Waals surface area contributed by atoms with Crippen LogP contribution in [-0.4, -0.2) is 30.8 Å². The molecule has 1 amide bonds. The molecule has 98 valence electrons. The molecule has 1 unspecified atom stereocenters. The summed E-state index contributed by atoms with van der Waals surface area (Å²) < 4.78 is 0. The van der Waals surface area contributed by atoms with E-state index in [4.69, 9.17) is 5.11 Å². The van der Waals surface area contributed by atoms with E-state index < -0.39 is 6.09 Å². The van der Waals surface area contributed by atoms with Crippen LogP contribution in [0.1, 0.15) is 5.56 Å². The molecule has 0 bridgehead atoms. The zero-order chi connectivity index (χ0) is 11.9. The van der Waals surface area contributed by atoms with Crippen molar-refractivity contribution in [1.82, 2.24) is 10.6 Å². The molecule has 3 atom stereocenters. The fourth-order valence-electron chi connectivity index (χ4n) is 3.41. The van der Waals surface area contributed by atoms with E-state index >= 15 is 0 Å². The molecule has 1 aliphatic heterocycles. The molecule has 1 aromatic carbocycles. The highest BCUT2D eigenvalue weighted by molar-refractivity contribution is 5.85. The molecule has 2 aliphatic rings. The maximum Gasteiger partial charge on any atom is 0.404 e. The van der Waals surface area contributed by atoms with Crippen molar-refractivity contribution in [2.45, 2.75) is 5.41 Å². The average Bonchev–Trinajstić information content (AvgIpc) is 2.72. The van der Waals surface area contributed by atoms with Gasteiger partial charge in [0.25, 0.3) is 0 Å². The van der Waals surface area contributed by atoms with Crippen molar-refractivity contribution >= 4 is 18.5 Å². The quantitative estimate of drug-likeness (QED) is 0.778. The van der Waals surface area contributed by atoms with Gasteiger partial charge in [-0.1, -0.05) is 30.3 Å². The normalized spacial score (nSPS) is 32.2. The molecule has 0 spiro atoms. The number of halogens is 1. The lowest BCUT2D eigenvalue weighted by Crippen LogP contribution is -2.37. The van der Waals surface area contributed by atoms with Crippen LogP contribution in [0.25, 0.3) is 0 Å². The van der Waals surface area contributed by atoms with Crippen LogP contribution in [0.5, 0.6) is 0 Å². The van der Waals surface area contributed by atoms with Crippen LogP contribution >= 0.6 is 12.4 Å². The highest BCUT2D eigenvalue weighted by atomic mass is 35.5. The van der Waals surface area contributed by atoms with E-state index in [-0.39, 0.29) is 17.8 Å². The van der Waals surface area contributed by atoms with E-state index in [1.165, 1.54) is 5.56 Å². The predicted molar refractivity (Wildman–Crippen MR) is 71.2 cm³/mol. The molecule has 0 aromatic heterocycles. The Morgan fingerprint density at radius 3 is 2.50 bits per heavy atom. The van der Waals surface area contributed by atoms with E-state index in [0.717, 1.165) is 13.1 Å². The van der Waals surface area contributed by atoms with E-state index in [9.17, 15) is 4.79 Å². The Balaban J connectivity index is 0.00000120. The molecule has 18 heavy (non-hydrogen) atoms. The Bertz CT molecular complexity index is 428. The highest BCUT2D eigenvalue weighted by Gasteiger charge is 2.66. The zero-order valence-electron chi connectivity index (χ0n) is 9.93. The van der Waals surface area contributed by atoms with Crippen molar-refractivity contribution in [2.24, 2.45) is 11.8 Å². The van der Waals surface area contributed by atoms with Gasteiger partial charge in [-0.2, -0.15) is 0 Å². The zero-order valence-corrected chi connectivity index (χ0v) is 10.7. The Labute approximate surface area is 112 Å². The molecule has 1 saturated heterocycles. The second-order valence-corrected chi connectivity index (χ2v) is 4.94. The molecule has 3 rings (SSSR count). The van der Waals surface area contributed by atoms with Crippen LogP contribution in [0, 0.1) is 11.8 Å². The number of carbonyl (C=O) groups is 1. The van der Waals surface area contributed by atoms with Gasteiger partial charge in [0, 0.05) is 12.0 Å². The highest BCUT2D eigenvalue weighted by Crippen LogP contribution is 2.61. The standard InChI is InChI=1S/C13H16N2O2.ClH/c16-12(17)15-8-13(9-4-2-1-3-5-9)10-6-14-7-11(10)13;/h1-5,10-11,14-15H,6-8H2,(H,16,17);1H/t10-,11+,13?;. The monoisotopic (exact) mass is 268 g/mol. The molecule has 2 fully saturated rings. The third kappa shape index (κ3) is 1.85. The molecular weight excluding hydrogens is 252 g/mol. The number of benzene rings is 1. The SMILES string of the molecule is Cl.O=C(O)NCC1(c2ccccc2)[C@@H]2CNC[C@@H]21. The summed E-state index contributed by atoms with van der Waals surface area (Å²) in [4.78, 5) is 10.7. The summed E-state index contributed by atoms with van der Waals surface area (Å²) in [5, 5.41) is 14.7. The van der Waals surface area contributed by atoms with Crippen molar-refractivity contribution in [1.29, 1.82) is 0 Å². The number of nitrogens with one attached hydrogen (secondary N) is 2. The first-order valence-electron chi connectivity index (χ1n) is 5.98. The lowest BCUT2D eigenvalue weighted by Gasteiger charge is -2.21. The van der Waals surface area contributed by atoms with Gasteiger partial charge in [0.1, 0.15) is 0 Å². The van der Waals surface area contributed by atoms with Crippen LogP contribution in [0.3, 0.4) is 0 Å². The van der Waals surface area contributed by atoms with Crippen molar-refractivity contribution in [3.05, 3.63) is 35.9 Å². The van der Waals surface area contributed by atoms with Crippen LogP contribution in [0.2, 0.25) is 0 Å². The number of hydrogen-bond acceptors (Lipinski definition) is 2. The second kappa shape index (κ2) is 4.78. The van der Waals surface area contributed by atoms with Crippen molar-refractivity contribution in [3.8, 4) is 0 Å². The van der Waals surface area contributed by atoms with E-state index in [2.05, 4.69) is 22.8 Å². The van der Waals surface area contributed by atoms with Crippen molar-refractivity contribution < 1.29 is 9.90 Å². The molecule has 1 aliphatic carbocycles. The molecule has 1 saturated carbocycles. The predicted octanol–water partition coefficient (Wildman–Crippen LogP) is 1.46. The number of piperidine rings is 1. The number of rotatable bonds is 3. The maximum absolute atomic E-state index is 10.7. The fraction of sp³-hybridized carbons (Fsp3) is 0.462. The summed E-state index contributed by atoms with van der Waals surface area (Å²) in [7, 11) is 0. The maximum atomic E-state index is 10.7. The average molecular weight is 269 g/mol. The second-order valence-electron chi connectivity index (χ2n) is 4.94. The van der Waals surface area contributed by atoms with E-state index in [0.29, 0.717) is 18.4 Å². The Kier molecular flexibility index (Phi) is 3.50. The summed E-state index contributed by atoms with van der Waals surface area (Å²) in [6, 6.07) is 10.3. The third-order valence-electron chi connectivity index (χ3n) is 4.27. The lowest BCUT2D eigenvalue weighted by atomic mass is 9.90.